The fourth-order valence-electron chi connectivity index (χ4n) is 14.0. The third-order valence-electron chi connectivity index (χ3n) is 17.8. The van der Waals surface area contributed by atoms with E-state index in [2.05, 4.69) is 287 Å². The molecule has 3 aliphatic carbocycles. The average Bonchev–Trinajstić information content (AvgIpc) is 4.23. The summed E-state index contributed by atoms with van der Waals surface area (Å²) in [5, 5.41) is 0. The van der Waals surface area contributed by atoms with Crippen LogP contribution in [0.15, 0.2) is 207 Å². The van der Waals surface area contributed by atoms with Gasteiger partial charge in [0.2, 0.25) is 0 Å². The van der Waals surface area contributed by atoms with Crippen LogP contribution in [0.1, 0.15) is 146 Å². The molecule has 9 aromatic rings. The summed E-state index contributed by atoms with van der Waals surface area (Å²) in [7, 11) is 2.19. The first-order valence-electron chi connectivity index (χ1n) is 27.4. The van der Waals surface area contributed by atoms with Gasteiger partial charge in [0, 0.05) is 25.6 Å². The van der Waals surface area contributed by atoms with Crippen molar-refractivity contribution in [2.75, 3.05) is 13.7 Å². The molecule has 0 bridgehead atoms. The highest BCUT2D eigenvalue weighted by Gasteiger charge is 2.53. The molecule has 0 saturated carbocycles. The lowest BCUT2D eigenvalue weighted by atomic mass is 9.64. The molecule has 13 rings (SSSR count). The van der Waals surface area contributed by atoms with Gasteiger partial charge in [0.25, 0.3) is 0 Å². The van der Waals surface area contributed by atoms with Gasteiger partial charge in [0.15, 0.2) is 0 Å². The van der Waals surface area contributed by atoms with Crippen molar-refractivity contribution in [1.82, 2.24) is 14.8 Å². The van der Waals surface area contributed by atoms with E-state index in [1.807, 2.05) is 6.20 Å². The molecule has 0 fully saturated rings. The maximum Gasteiger partial charge on any atom is 0.118 e. The van der Waals surface area contributed by atoms with Crippen LogP contribution in [-0.4, -0.2) is 28.5 Å². The Morgan fingerprint density at radius 3 is 1.30 bits per heavy atom. The van der Waals surface area contributed by atoms with Crippen LogP contribution in [0.3, 0.4) is 0 Å². The van der Waals surface area contributed by atoms with Crippen molar-refractivity contribution in [2.24, 2.45) is 0 Å². The topological polar surface area (TPSA) is 19.4 Å². The summed E-state index contributed by atoms with van der Waals surface area (Å²) < 4.78 is 0. The van der Waals surface area contributed by atoms with Crippen molar-refractivity contribution in [3.63, 3.8) is 0 Å². The Hall–Kier alpha value is -7.75. The van der Waals surface area contributed by atoms with E-state index in [1.54, 1.807) is 0 Å². The molecular weight excluding hydrogens is 919 g/mol. The molecule has 2 heterocycles. The molecule has 8 aromatic carbocycles. The first kappa shape index (κ1) is 47.9. The summed E-state index contributed by atoms with van der Waals surface area (Å²) in [5.41, 5.74) is 24.6. The predicted molar refractivity (Wildman–Crippen MR) is 315 cm³/mol. The average molecular weight is 988 g/mol. The SMILES string of the molecule is Cc1ccnc(C2(c3cccc(C4(c5cccc(C6(N7C=CN(C)C7)c7ccccc7-c7cc(C(C)(C)C)ccc76)c5)c5ccccc5-c5cc(C(C)(C)C)ccc54)c3)c3ccccc3-c3cc(C(C)(C)C)ccc32)c1. The molecule has 3 atom stereocenters. The van der Waals surface area contributed by atoms with E-state index in [9.17, 15) is 0 Å². The first-order valence-corrected chi connectivity index (χ1v) is 27.4. The van der Waals surface area contributed by atoms with Gasteiger partial charge < -0.3 is 9.80 Å². The highest BCUT2D eigenvalue weighted by molar-refractivity contribution is 5.90. The molecule has 4 aliphatic rings. The van der Waals surface area contributed by atoms with E-state index >= 15 is 0 Å². The Bertz CT molecular complexity index is 3870. The van der Waals surface area contributed by atoms with Crippen molar-refractivity contribution >= 4 is 0 Å². The van der Waals surface area contributed by atoms with Gasteiger partial charge in [0.1, 0.15) is 5.54 Å². The minimum atomic E-state index is -0.720. The molecule has 3 nitrogen and oxygen atoms in total. The van der Waals surface area contributed by atoms with E-state index in [-0.39, 0.29) is 16.2 Å². The van der Waals surface area contributed by atoms with Gasteiger partial charge in [-0.2, -0.15) is 0 Å². The van der Waals surface area contributed by atoms with E-state index in [1.165, 1.54) is 111 Å². The molecule has 376 valence electrons. The number of aryl methyl sites for hydroxylation is 1. The van der Waals surface area contributed by atoms with Crippen molar-refractivity contribution in [1.29, 1.82) is 0 Å². The minimum Gasteiger partial charge on any atom is -0.362 e. The second-order valence-electron chi connectivity index (χ2n) is 25.4. The second kappa shape index (κ2) is 16.6. The molecule has 0 spiro atoms. The van der Waals surface area contributed by atoms with Crippen molar-refractivity contribution in [2.45, 2.75) is 102 Å². The number of aromatic nitrogens is 1. The molecule has 0 saturated heterocycles. The summed E-state index contributed by atoms with van der Waals surface area (Å²) in [6, 6.07) is 73.5. The molecule has 3 unspecified atom stereocenters. The number of pyridine rings is 1. The van der Waals surface area contributed by atoms with Crippen molar-refractivity contribution in [3.05, 3.63) is 290 Å². The fourth-order valence-corrected chi connectivity index (χ4v) is 14.0. The normalized spacial score (nSPS) is 20.0. The summed E-state index contributed by atoms with van der Waals surface area (Å²) in [4.78, 5) is 10.3. The third kappa shape index (κ3) is 6.70. The summed E-state index contributed by atoms with van der Waals surface area (Å²) in [6.45, 7) is 23.9. The lowest BCUT2D eigenvalue weighted by Gasteiger charge is -2.43. The number of nitrogens with zero attached hydrogens (tertiary/aromatic N) is 3. The van der Waals surface area contributed by atoms with Gasteiger partial charge in [0.05, 0.1) is 23.2 Å². The van der Waals surface area contributed by atoms with Crippen LogP contribution in [0.25, 0.3) is 33.4 Å². The number of hydrogen-bond donors (Lipinski definition) is 0. The molecule has 1 aromatic heterocycles. The quantitative estimate of drug-likeness (QED) is 0.165. The third-order valence-corrected chi connectivity index (χ3v) is 17.8. The zero-order valence-corrected chi connectivity index (χ0v) is 46.2. The molecule has 1 aliphatic heterocycles. The van der Waals surface area contributed by atoms with Crippen molar-refractivity contribution < 1.29 is 0 Å². The highest BCUT2D eigenvalue weighted by atomic mass is 15.4. The fraction of sp³-hybridized carbons (Fsp3) is 0.247. The molecular formula is C73H69N3. The van der Waals surface area contributed by atoms with Gasteiger partial charge in [-0.05, 0) is 147 Å². The van der Waals surface area contributed by atoms with E-state index in [0.29, 0.717) is 0 Å². The van der Waals surface area contributed by atoms with Crippen LogP contribution >= 0.6 is 0 Å². The van der Waals surface area contributed by atoms with E-state index in [0.717, 1.165) is 12.4 Å². The summed E-state index contributed by atoms with van der Waals surface area (Å²) in [6.07, 6.45) is 6.57. The van der Waals surface area contributed by atoms with Crippen LogP contribution in [0.4, 0.5) is 0 Å². The summed E-state index contributed by atoms with van der Waals surface area (Å²) >= 11 is 0. The lowest BCUT2D eigenvalue weighted by Crippen LogP contribution is -2.45. The molecule has 0 radical (unpaired) electrons. The Labute approximate surface area is 451 Å². The smallest absolute Gasteiger partial charge is 0.118 e. The zero-order valence-electron chi connectivity index (χ0n) is 46.2. The number of benzene rings is 8. The maximum absolute atomic E-state index is 5.39. The van der Waals surface area contributed by atoms with Gasteiger partial charge in [-0.1, -0.05) is 238 Å². The second-order valence-corrected chi connectivity index (χ2v) is 25.4. The highest BCUT2D eigenvalue weighted by Crippen LogP contribution is 2.62. The standard InChI is InChI=1S/C73H69N3/c1-47-36-37-74-67(40-47)72(62-28-16-13-25-56(62)59-44-49(69(5,6)7)31-34-64(59)72)53-22-18-20-51(41-53)71(61-27-15-12-24-55(61)58-43-48(68(2,3)4)30-33-63(58)71)52-21-19-23-54(42-52)73(76-39-38-75(11)46-76)65-29-17-14-26-57(65)60-45-50(70(8,9)10)32-35-66(60)73/h12-45H,46H2,1-11H3. The Morgan fingerprint density at radius 2 is 0.789 bits per heavy atom. The molecule has 3 heteroatoms. The van der Waals surface area contributed by atoms with Crippen LogP contribution in [-0.2, 0) is 32.6 Å². The minimum absolute atomic E-state index is 0.00800. The Balaban J connectivity index is 1.13. The van der Waals surface area contributed by atoms with Gasteiger partial charge in [-0.25, -0.2) is 0 Å². The predicted octanol–water partition coefficient (Wildman–Crippen LogP) is 17.0. The van der Waals surface area contributed by atoms with Crippen LogP contribution in [0.5, 0.6) is 0 Å². The largest absolute Gasteiger partial charge is 0.362 e. The molecule has 0 amide bonds. The van der Waals surface area contributed by atoms with Crippen LogP contribution in [0, 0.1) is 6.92 Å². The summed E-state index contributed by atoms with van der Waals surface area (Å²) in [5.74, 6) is 0. The Morgan fingerprint density at radius 1 is 0.382 bits per heavy atom. The van der Waals surface area contributed by atoms with Crippen molar-refractivity contribution in [3.8, 4) is 33.4 Å². The maximum atomic E-state index is 5.39. The monoisotopic (exact) mass is 988 g/mol. The first-order chi connectivity index (χ1) is 36.4. The zero-order chi connectivity index (χ0) is 52.7. The van der Waals surface area contributed by atoms with E-state index in [4.69, 9.17) is 4.98 Å². The lowest BCUT2D eigenvalue weighted by molar-refractivity contribution is 0.198. The van der Waals surface area contributed by atoms with Gasteiger partial charge in [-0.3, -0.25) is 4.98 Å². The molecule has 0 N–H and O–H groups in total. The van der Waals surface area contributed by atoms with E-state index < -0.39 is 16.4 Å². The Kier molecular flexibility index (Phi) is 10.5. The number of fused-ring (bicyclic) bond motifs is 9. The van der Waals surface area contributed by atoms with Crippen LogP contribution in [0.2, 0.25) is 0 Å². The van der Waals surface area contributed by atoms with Gasteiger partial charge in [-0.15, -0.1) is 0 Å². The number of rotatable bonds is 6. The number of hydrogen-bond acceptors (Lipinski definition) is 3. The van der Waals surface area contributed by atoms with Crippen LogP contribution < -0.4 is 0 Å². The van der Waals surface area contributed by atoms with Gasteiger partial charge >= 0.3 is 0 Å². The molecule has 76 heavy (non-hydrogen) atoms.